The Morgan fingerprint density at radius 3 is 2.62 bits per heavy atom. The van der Waals surface area contributed by atoms with Crippen LogP contribution in [0.5, 0.6) is 11.5 Å². The minimum Gasteiger partial charge on any atom is -0.504 e. The van der Waals surface area contributed by atoms with E-state index in [2.05, 4.69) is 32.7 Å². The Labute approximate surface area is 219 Å². The van der Waals surface area contributed by atoms with Gasteiger partial charge in [0.05, 0.1) is 6.04 Å². The van der Waals surface area contributed by atoms with Gasteiger partial charge in [-0.3, -0.25) is 9.59 Å². The molecule has 1 aromatic carbocycles. The molecule has 3 fully saturated rings. The highest BCUT2D eigenvalue weighted by Gasteiger charge is 2.62. The molecule has 37 heavy (non-hydrogen) atoms. The fourth-order valence-electron chi connectivity index (χ4n) is 6.69. The van der Waals surface area contributed by atoms with Gasteiger partial charge in [0.25, 0.3) is 0 Å². The number of hydrogen-bond donors (Lipinski definition) is 4. The van der Waals surface area contributed by atoms with Crippen LogP contribution in [-0.2, 0) is 20.7 Å². The van der Waals surface area contributed by atoms with E-state index in [4.69, 9.17) is 4.74 Å². The van der Waals surface area contributed by atoms with Gasteiger partial charge in [-0.1, -0.05) is 33.4 Å². The maximum atomic E-state index is 13.0. The molecule has 1 saturated heterocycles. The molecule has 8 heteroatoms. The van der Waals surface area contributed by atoms with Crippen molar-refractivity contribution in [2.24, 2.45) is 16.7 Å². The van der Waals surface area contributed by atoms with Gasteiger partial charge in [0.1, 0.15) is 18.0 Å². The van der Waals surface area contributed by atoms with Crippen LogP contribution in [0.15, 0.2) is 30.5 Å². The monoisotopic (exact) mass is 514 g/mol. The summed E-state index contributed by atoms with van der Waals surface area (Å²) in [5.74, 6) is 0.317. The van der Waals surface area contributed by atoms with Crippen molar-refractivity contribution in [1.29, 1.82) is 0 Å². The molecule has 2 saturated carbocycles. The zero-order chi connectivity index (χ0) is 27.0. The van der Waals surface area contributed by atoms with E-state index in [1.807, 2.05) is 4.90 Å². The summed E-state index contributed by atoms with van der Waals surface area (Å²) in [5, 5.41) is 31.8. The van der Waals surface area contributed by atoms with Crippen molar-refractivity contribution in [2.45, 2.75) is 90.4 Å². The van der Waals surface area contributed by atoms with Crippen molar-refractivity contribution in [3.05, 3.63) is 36.1 Å². The first kappa shape index (κ1) is 27.3. The number of aliphatic hydroxyl groups excluding tert-OH is 1. The maximum Gasteiger partial charge on any atom is 0.249 e. The largest absolute Gasteiger partial charge is 0.504 e. The zero-order valence-electron chi connectivity index (χ0n) is 22.3. The number of likely N-dealkylation sites (tertiary alicyclic amines) is 1. The first-order chi connectivity index (χ1) is 17.4. The van der Waals surface area contributed by atoms with Crippen LogP contribution in [0.4, 0.5) is 0 Å². The zero-order valence-corrected chi connectivity index (χ0v) is 22.3. The van der Waals surface area contributed by atoms with Crippen LogP contribution in [-0.4, -0.2) is 63.4 Å². The second-order valence-corrected chi connectivity index (χ2v) is 11.9. The molecule has 4 N–H and O–H groups in total. The fourth-order valence-corrected chi connectivity index (χ4v) is 6.69. The molecule has 4 rings (SSSR count). The Bertz CT molecular complexity index is 1040. The summed E-state index contributed by atoms with van der Waals surface area (Å²) in [7, 11) is 0. The number of amides is 2. The Balaban J connectivity index is 1.20. The fraction of sp³-hybridized carbons (Fsp3) is 0.655. The van der Waals surface area contributed by atoms with E-state index < -0.39 is 12.0 Å². The lowest BCUT2D eigenvalue weighted by Crippen LogP contribution is -2.41. The lowest BCUT2D eigenvalue weighted by Gasteiger charge is -2.40. The predicted octanol–water partition coefficient (Wildman–Crippen LogP) is 3.63. The highest BCUT2D eigenvalue weighted by molar-refractivity contribution is 5.81. The van der Waals surface area contributed by atoms with Gasteiger partial charge in [0, 0.05) is 31.3 Å². The molecule has 1 aromatic rings. The van der Waals surface area contributed by atoms with E-state index in [-0.39, 0.29) is 53.3 Å². The maximum absolute atomic E-state index is 13.0. The normalized spacial score (nSPS) is 28.8. The lowest BCUT2D eigenvalue weighted by atomic mass is 9.70. The highest BCUT2D eigenvalue weighted by atomic mass is 16.5. The smallest absolute Gasteiger partial charge is 0.249 e. The van der Waals surface area contributed by atoms with Gasteiger partial charge in [-0.05, 0) is 67.6 Å². The molecule has 3 aliphatic rings. The van der Waals surface area contributed by atoms with Crippen LogP contribution >= 0.6 is 0 Å². The number of ether oxygens (including phenoxy) is 1. The van der Waals surface area contributed by atoms with E-state index in [1.165, 1.54) is 31.0 Å². The van der Waals surface area contributed by atoms with Crippen molar-refractivity contribution >= 4 is 11.8 Å². The number of hydrogen-bond acceptors (Lipinski definition) is 6. The summed E-state index contributed by atoms with van der Waals surface area (Å²) in [6.07, 6.45) is 4.90. The number of phenolic OH excluding ortho intramolecular Hbond substituents is 2. The molecule has 2 bridgehead atoms. The van der Waals surface area contributed by atoms with Crippen LogP contribution in [0.3, 0.4) is 0 Å². The van der Waals surface area contributed by atoms with Gasteiger partial charge in [-0.2, -0.15) is 0 Å². The Kier molecular flexibility index (Phi) is 7.79. The minimum atomic E-state index is -1.29. The second kappa shape index (κ2) is 10.6. The molecule has 1 heterocycles. The predicted molar refractivity (Wildman–Crippen MR) is 140 cm³/mol. The number of aliphatic hydroxyl groups is 1. The topological polar surface area (TPSA) is 119 Å². The average Bonchev–Trinajstić information content (AvgIpc) is 3.47. The van der Waals surface area contributed by atoms with Crippen LogP contribution in [0.1, 0.15) is 71.3 Å². The van der Waals surface area contributed by atoms with Crippen LogP contribution in [0.2, 0.25) is 0 Å². The summed E-state index contributed by atoms with van der Waals surface area (Å²) in [4.78, 5) is 27.1. The van der Waals surface area contributed by atoms with Crippen LogP contribution < -0.4 is 5.32 Å². The number of fused-ring (bicyclic) bond motifs is 2. The quantitative estimate of drug-likeness (QED) is 0.215. The highest BCUT2D eigenvalue weighted by Crippen LogP contribution is 2.66. The van der Waals surface area contributed by atoms with Crippen molar-refractivity contribution in [2.75, 3.05) is 13.1 Å². The van der Waals surface area contributed by atoms with E-state index in [0.717, 1.165) is 19.3 Å². The number of phenols is 2. The van der Waals surface area contributed by atoms with Gasteiger partial charge in [-0.15, -0.1) is 0 Å². The van der Waals surface area contributed by atoms with Gasteiger partial charge in [0.15, 0.2) is 11.5 Å². The average molecular weight is 515 g/mol. The standard InChI is InChI=1S/C29H42N2O6/c1-18(37-25-17-20-11-12-29(25,4)28(20,2)3)21-7-6-14-31(21)26(35)8-5-13-30-27(36)24(34)16-19-9-10-22(32)23(33)15-19/h9-10,15,20-21,24-25,32-34H,1,5-8,11-14,16-17H2,2-4H3,(H,30,36). The number of nitrogens with zero attached hydrogens (tertiary/aromatic N) is 1. The first-order valence-electron chi connectivity index (χ1n) is 13.6. The van der Waals surface area contributed by atoms with Gasteiger partial charge >= 0.3 is 0 Å². The molecule has 2 aliphatic carbocycles. The van der Waals surface area contributed by atoms with Crippen molar-refractivity contribution in [3.63, 3.8) is 0 Å². The molecule has 0 aromatic heterocycles. The number of carbonyl (C=O) groups excluding carboxylic acids is 2. The number of rotatable bonds is 10. The molecular weight excluding hydrogens is 472 g/mol. The number of carbonyl (C=O) groups is 2. The third-order valence-corrected chi connectivity index (χ3v) is 9.59. The van der Waals surface area contributed by atoms with E-state index in [1.54, 1.807) is 0 Å². The van der Waals surface area contributed by atoms with Crippen molar-refractivity contribution in [1.82, 2.24) is 10.2 Å². The van der Waals surface area contributed by atoms with Gasteiger partial charge in [0.2, 0.25) is 11.8 Å². The van der Waals surface area contributed by atoms with E-state index in [9.17, 15) is 24.9 Å². The number of nitrogens with one attached hydrogen (secondary N) is 1. The Morgan fingerprint density at radius 2 is 1.97 bits per heavy atom. The van der Waals surface area contributed by atoms with E-state index >= 15 is 0 Å². The molecule has 0 spiro atoms. The van der Waals surface area contributed by atoms with Gasteiger partial charge in [-0.25, -0.2) is 0 Å². The third kappa shape index (κ3) is 5.31. The van der Waals surface area contributed by atoms with E-state index in [0.29, 0.717) is 36.6 Å². The SMILES string of the molecule is C=C(OC1CC2CCC1(C)C2(C)C)C1CCCN1C(=O)CCCNC(=O)C(O)Cc1ccc(O)c(O)c1. The molecule has 2 amide bonds. The molecule has 5 unspecified atom stereocenters. The number of aromatic hydroxyl groups is 2. The molecular formula is C29H42N2O6. The second-order valence-electron chi connectivity index (χ2n) is 11.9. The molecule has 1 aliphatic heterocycles. The lowest BCUT2D eigenvalue weighted by molar-refractivity contribution is -0.133. The van der Waals surface area contributed by atoms with Crippen LogP contribution in [0.25, 0.3) is 0 Å². The van der Waals surface area contributed by atoms with Gasteiger partial charge < -0.3 is 30.3 Å². The number of benzene rings is 1. The summed E-state index contributed by atoms with van der Waals surface area (Å²) in [6.45, 7) is 12.3. The van der Waals surface area contributed by atoms with Crippen molar-refractivity contribution in [3.8, 4) is 11.5 Å². The summed E-state index contributed by atoms with van der Waals surface area (Å²) >= 11 is 0. The molecule has 8 nitrogen and oxygen atoms in total. The molecule has 0 radical (unpaired) electrons. The van der Waals surface area contributed by atoms with Crippen LogP contribution in [0, 0.1) is 16.7 Å². The summed E-state index contributed by atoms with van der Waals surface area (Å²) in [5.41, 5.74) is 0.922. The summed E-state index contributed by atoms with van der Waals surface area (Å²) in [6, 6.07) is 4.06. The van der Waals surface area contributed by atoms with Crippen molar-refractivity contribution < 1.29 is 29.6 Å². The Morgan fingerprint density at radius 1 is 1.22 bits per heavy atom. The minimum absolute atomic E-state index is 0.00808. The summed E-state index contributed by atoms with van der Waals surface area (Å²) < 4.78 is 6.49. The Hall–Kier alpha value is -2.74. The molecule has 5 atom stereocenters. The first-order valence-corrected chi connectivity index (χ1v) is 13.6. The molecule has 204 valence electrons. The third-order valence-electron chi connectivity index (χ3n) is 9.59.